The number of hydrogen-bond acceptors (Lipinski definition) is 6. The topological polar surface area (TPSA) is 79.3 Å². The molecule has 7 nitrogen and oxygen atoms in total. The molecule has 0 radical (unpaired) electrons. The molecular weight excluding hydrogens is 463 g/mol. The van der Waals surface area contributed by atoms with Crippen LogP contribution in [0.4, 0.5) is 4.39 Å². The van der Waals surface area contributed by atoms with Gasteiger partial charge in [0.25, 0.3) is 11.7 Å². The highest BCUT2D eigenvalue weighted by Crippen LogP contribution is 2.39. The molecule has 0 spiro atoms. The molecule has 8 heteroatoms. The van der Waals surface area contributed by atoms with Crippen LogP contribution >= 0.6 is 0 Å². The molecule has 2 aromatic carbocycles. The third-order valence-electron chi connectivity index (χ3n) is 6.41. The van der Waals surface area contributed by atoms with Crippen LogP contribution in [0.2, 0.25) is 0 Å². The number of likely N-dealkylation sites (tertiary alicyclic amines) is 1. The number of nitrogens with zero attached hydrogens (tertiary/aromatic N) is 2. The van der Waals surface area contributed by atoms with Gasteiger partial charge in [0.05, 0.1) is 31.4 Å². The van der Waals surface area contributed by atoms with Crippen molar-refractivity contribution in [2.75, 3.05) is 46.0 Å². The predicted octanol–water partition coefficient (Wildman–Crippen LogP) is 4.00. The minimum atomic E-state index is -0.799. The molecule has 2 heterocycles. The highest BCUT2D eigenvalue weighted by Gasteiger charge is 2.45. The number of carbonyl (C=O) groups excluding carboxylic acids is 2. The predicted molar refractivity (Wildman–Crippen MR) is 134 cm³/mol. The first-order chi connectivity index (χ1) is 17.3. The van der Waals surface area contributed by atoms with Crippen molar-refractivity contribution >= 4 is 17.4 Å². The minimum Gasteiger partial charge on any atom is -0.507 e. The molecule has 2 fully saturated rings. The summed E-state index contributed by atoms with van der Waals surface area (Å²) in [5, 5.41) is 11.2. The first kappa shape index (κ1) is 25.9. The summed E-state index contributed by atoms with van der Waals surface area (Å²) in [4.78, 5) is 30.0. The Bertz CT molecular complexity index is 1090. The van der Waals surface area contributed by atoms with Gasteiger partial charge in [-0.3, -0.25) is 14.5 Å². The second-order valence-corrected chi connectivity index (χ2v) is 9.58. The minimum absolute atomic E-state index is 0.00818. The summed E-state index contributed by atoms with van der Waals surface area (Å²) in [5.74, 6) is -1.06. The largest absolute Gasteiger partial charge is 0.507 e. The molecule has 0 aromatic heterocycles. The van der Waals surface area contributed by atoms with Gasteiger partial charge in [-0.1, -0.05) is 26.0 Å². The van der Waals surface area contributed by atoms with Gasteiger partial charge >= 0.3 is 0 Å². The number of aliphatic hydroxyl groups excluding tert-OH is 1. The maximum atomic E-state index is 13.7. The van der Waals surface area contributed by atoms with Crippen molar-refractivity contribution in [1.29, 1.82) is 0 Å². The summed E-state index contributed by atoms with van der Waals surface area (Å²) < 4.78 is 24.8. The van der Waals surface area contributed by atoms with E-state index in [2.05, 4.69) is 18.7 Å². The monoisotopic (exact) mass is 496 g/mol. The van der Waals surface area contributed by atoms with Crippen LogP contribution in [-0.2, 0) is 14.3 Å². The summed E-state index contributed by atoms with van der Waals surface area (Å²) in [5.41, 5.74) is 0.986. The van der Waals surface area contributed by atoms with Crippen molar-refractivity contribution in [3.8, 4) is 5.75 Å². The standard InChI is InChI=1S/C28H33FN2O5/c1-19(2)18-36-23-10-6-21(7-11-23)26(32)24-25(20-4-8-22(29)9-5-20)31(28(34)27(24)33)13-3-12-30-14-16-35-17-15-30/h4-11,19,25,32H,3,12-18H2,1-2H3/b26-24+/t25-/m0/s1. The van der Waals surface area contributed by atoms with Crippen LogP contribution in [0.5, 0.6) is 5.75 Å². The number of rotatable bonds is 9. The van der Waals surface area contributed by atoms with E-state index in [-0.39, 0.29) is 11.3 Å². The molecule has 0 unspecified atom stereocenters. The second-order valence-electron chi connectivity index (χ2n) is 9.58. The fraction of sp³-hybridized carbons (Fsp3) is 0.429. The molecule has 0 aliphatic carbocycles. The fourth-order valence-corrected chi connectivity index (χ4v) is 4.52. The van der Waals surface area contributed by atoms with Crippen LogP contribution in [0.1, 0.15) is 37.4 Å². The van der Waals surface area contributed by atoms with Crippen LogP contribution in [0.3, 0.4) is 0 Å². The Morgan fingerprint density at radius 2 is 1.72 bits per heavy atom. The quantitative estimate of drug-likeness (QED) is 0.321. The number of amides is 1. The highest BCUT2D eigenvalue weighted by atomic mass is 19.1. The first-order valence-corrected chi connectivity index (χ1v) is 12.4. The zero-order valence-corrected chi connectivity index (χ0v) is 20.8. The van der Waals surface area contributed by atoms with Crippen LogP contribution in [0.25, 0.3) is 5.76 Å². The normalized spacial score (nSPS) is 20.3. The van der Waals surface area contributed by atoms with E-state index in [1.165, 1.54) is 17.0 Å². The lowest BCUT2D eigenvalue weighted by atomic mass is 9.95. The molecule has 2 saturated heterocycles. The van der Waals surface area contributed by atoms with Crippen molar-refractivity contribution in [3.05, 3.63) is 71.0 Å². The third-order valence-corrected chi connectivity index (χ3v) is 6.41. The molecule has 4 rings (SSSR count). The van der Waals surface area contributed by atoms with Crippen molar-refractivity contribution < 1.29 is 28.6 Å². The number of aliphatic hydroxyl groups is 1. The van der Waals surface area contributed by atoms with Crippen molar-refractivity contribution in [1.82, 2.24) is 9.80 Å². The number of morpholine rings is 1. The molecule has 0 saturated carbocycles. The molecular formula is C28H33FN2O5. The summed E-state index contributed by atoms with van der Waals surface area (Å²) in [6.45, 7) is 8.79. The Morgan fingerprint density at radius 3 is 2.36 bits per heavy atom. The Labute approximate surface area is 211 Å². The van der Waals surface area contributed by atoms with E-state index in [1.54, 1.807) is 36.4 Å². The lowest BCUT2D eigenvalue weighted by Crippen LogP contribution is -2.38. The summed E-state index contributed by atoms with van der Waals surface area (Å²) in [6.07, 6.45) is 0.659. The van der Waals surface area contributed by atoms with Crippen LogP contribution in [0, 0.1) is 11.7 Å². The SMILES string of the molecule is CC(C)COc1ccc(/C(O)=C2\C(=O)C(=O)N(CCCN3CCOCC3)[C@H]2c2ccc(F)cc2)cc1. The lowest BCUT2D eigenvalue weighted by Gasteiger charge is -2.29. The number of hydrogen-bond donors (Lipinski definition) is 1. The number of ketones is 1. The average molecular weight is 497 g/mol. The van der Waals surface area contributed by atoms with E-state index < -0.39 is 23.5 Å². The van der Waals surface area contributed by atoms with Gasteiger partial charge in [-0.2, -0.15) is 0 Å². The maximum Gasteiger partial charge on any atom is 0.295 e. The van der Waals surface area contributed by atoms with Crippen LogP contribution < -0.4 is 4.74 Å². The Morgan fingerprint density at radius 1 is 1.06 bits per heavy atom. The zero-order valence-electron chi connectivity index (χ0n) is 20.8. The molecule has 2 aromatic rings. The van der Waals surface area contributed by atoms with Crippen molar-refractivity contribution in [2.45, 2.75) is 26.3 Å². The summed E-state index contributed by atoms with van der Waals surface area (Å²) >= 11 is 0. The number of ether oxygens (including phenoxy) is 2. The average Bonchev–Trinajstić information content (AvgIpc) is 3.13. The molecule has 192 valence electrons. The highest BCUT2D eigenvalue weighted by molar-refractivity contribution is 6.46. The van der Waals surface area contributed by atoms with E-state index in [0.29, 0.717) is 55.6 Å². The smallest absolute Gasteiger partial charge is 0.295 e. The molecule has 36 heavy (non-hydrogen) atoms. The van der Waals surface area contributed by atoms with E-state index in [4.69, 9.17) is 9.47 Å². The molecule has 2 aliphatic heterocycles. The number of halogens is 1. The first-order valence-electron chi connectivity index (χ1n) is 12.4. The summed E-state index contributed by atoms with van der Waals surface area (Å²) in [6, 6.07) is 11.7. The van der Waals surface area contributed by atoms with Gasteiger partial charge < -0.3 is 19.5 Å². The number of benzene rings is 2. The zero-order chi connectivity index (χ0) is 25.7. The van der Waals surface area contributed by atoms with E-state index >= 15 is 0 Å². The van der Waals surface area contributed by atoms with Gasteiger partial charge in [-0.25, -0.2) is 4.39 Å². The van der Waals surface area contributed by atoms with E-state index in [0.717, 1.165) is 19.6 Å². The molecule has 1 atom stereocenters. The Hall–Kier alpha value is -3.23. The molecule has 1 amide bonds. The van der Waals surface area contributed by atoms with Gasteiger partial charge in [-0.15, -0.1) is 0 Å². The van der Waals surface area contributed by atoms with Gasteiger partial charge in [-0.05, 0) is 54.3 Å². The molecule has 2 aliphatic rings. The lowest BCUT2D eigenvalue weighted by molar-refractivity contribution is -0.140. The Kier molecular flexibility index (Phi) is 8.38. The van der Waals surface area contributed by atoms with Gasteiger partial charge in [0.15, 0.2) is 0 Å². The van der Waals surface area contributed by atoms with Gasteiger partial charge in [0.2, 0.25) is 0 Å². The van der Waals surface area contributed by atoms with Crippen molar-refractivity contribution in [3.63, 3.8) is 0 Å². The number of carbonyl (C=O) groups is 2. The second kappa shape index (κ2) is 11.7. The molecule has 0 bridgehead atoms. The fourth-order valence-electron chi connectivity index (χ4n) is 4.52. The van der Waals surface area contributed by atoms with Gasteiger partial charge in [0.1, 0.15) is 17.3 Å². The van der Waals surface area contributed by atoms with Crippen molar-refractivity contribution in [2.24, 2.45) is 5.92 Å². The summed E-state index contributed by atoms with van der Waals surface area (Å²) in [7, 11) is 0. The number of Topliss-reactive ketones (excluding diaryl/α,β-unsaturated/α-hetero) is 1. The van der Waals surface area contributed by atoms with Crippen LogP contribution in [0.15, 0.2) is 54.1 Å². The third kappa shape index (κ3) is 5.94. The van der Waals surface area contributed by atoms with E-state index in [9.17, 15) is 19.1 Å². The maximum absolute atomic E-state index is 13.7. The van der Waals surface area contributed by atoms with Gasteiger partial charge in [0, 0.05) is 31.7 Å². The van der Waals surface area contributed by atoms with Crippen LogP contribution in [-0.4, -0.2) is 72.6 Å². The Balaban J connectivity index is 1.61. The molecule has 1 N–H and O–H groups in total. The van der Waals surface area contributed by atoms with E-state index in [1.807, 2.05) is 0 Å².